The molecule has 0 N–H and O–H groups in total. The number of hydrogen-bond acceptors (Lipinski definition) is 4. The van der Waals surface area contributed by atoms with Crippen LogP contribution in [0.5, 0.6) is 0 Å². The molecule has 3 aromatic rings. The topological polar surface area (TPSA) is 51.0 Å². The lowest BCUT2D eigenvalue weighted by molar-refractivity contribution is -0.123. The number of benzene rings is 1. The molecule has 0 radical (unpaired) electrons. The lowest BCUT2D eigenvalue weighted by Crippen LogP contribution is -2.34. The second kappa shape index (κ2) is 8.03. The minimum absolute atomic E-state index is 0.128. The van der Waals surface area contributed by atoms with Crippen LogP contribution < -0.4 is 0 Å². The van der Waals surface area contributed by atoms with Gasteiger partial charge in [0.15, 0.2) is 0 Å². The summed E-state index contributed by atoms with van der Waals surface area (Å²) in [6.45, 7) is 0. The van der Waals surface area contributed by atoms with E-state index in [9.17, 15) is 9.18 Å². The molecule has 0 amide bonds. The van der Waals surface area contributed by atoms with Crippen LogP contribution in [0.1, 0.15) is 31.4 Å². The highest BCUT2D eigenvalue weighted by Crippen LogP contribution is 2.30. The van der Waals surface area contributed by atoms with Crippen molar-refractivity contribution in [3.63, 3.8) is 0 Å². The summed E-state index contributed by atoms with van der Waals surface area (Å²) in [6, 6.07) is 5.81. The minimum Gasteiger partial charge on any atom is -0.306 e. The Morgan fingerprint density at radius 3 is 2.55 bits per heavy atom. The number of halogens is 1. The normalized spacial score (nSPS) is 19.8. The van der Waals surface area contributed by atoms with Crippen LogP contribution in [0.2, 0.25) is 0 Å². The highest BCUT2D eigenvalue weighted by atomic mass is 19.1. The summed E-state index contributed by atoms with van der Waals surface area (Å²) in [5.74, 6) is 0.0975. The van der Waals surface area contributed by atoms with Crippen LogP contribution in [0.15, 0.2) is 36.8 Å². The van der Waals surface area contributed by atoms with Crippen molar-refractivity contribution in [2.75, 3.05) is 14.1 Å². The third-order valence-corrected chi connectivity index (χ3v) is 6.12. The molecule has 4 rings (SSSR count). The maximum atomic E-state index is 14.5. The summed E-state index contributed by atoms with van der Waals surface area (Å²) >= 11 is 0. The standard InChI is InChI=1S/C23H27FN4O/c1-27(2)20-6-4-15(5-7-20)23(29)11-19-8-16-9-21(18-13-26-28(3)14-18)22(24)10-17(16)12-25-19/h8-10,12-15,20H,4-7,11H2,1-3H3. The van der Waals surface area contributed by atoms with Crippen molar-refractivity contribution in [2.24, 2.45) is 13.0 Å². The van der Waals surface area contributed by atoms with Gasteiger partial charge < -0.3 is 4.90 Å². The molecule has 0 saturated heterocycles. The number of carbonyl (C=O) groups is 1. The fraction of sp³-hybridized carbons (Fsp3) is 0.435. The molecule has 5 nitrogen and oxygen atoms in total. The van der Waals surface area contributed by atoms with Crippen LogP contribution >= 0.6 is 0 Å². The summed E-state index contributed by atoms with van der Waals surface area (Å²) in [6.07, 6.45) is 9.49. The first-order valence-corrected chi connectivity index (χ1v) is 10.2. The molecule has 1 fully saturated rings. The summed E-state index contributed by atoms with van der Waals surface area (Å²) in [4.78, 5) is 19.5. The number of hydrogen-bond donors (Lipinski definition) is 0. The molecule has 2 aromatic heterocycles. The molecule has 0 atom stereocenters. The monoisotopic (exact) mass is 394 g/mol. The van der Waals surface area contributed by atoms with Crippen molar-refractivity contribution < 1.29 is 9.18 Å². The smallest absolute Gasteiger partial charge is 0.141 e. The van der Waals surface area contributed by atoms with Gasteiger partial charge >= 0.3 is 0 Å². The Labute approximate surface area is 170 Å². The predicted molar refractivity (Wildman–Crippen MR) is 112 cm³/mol. The molecular formula is C23H27FN4O. The van der Waals surface area contributed by atoms with Gasteiger partial charge in [0.2, 0.25) is 0 Å². The second-order valence-electron chi connectivity index (χ2n) is 8.37. The van der Waals surface area contributed by atoms with Crippen molar-refractivity contribution >= 4 is 16.6 Å². The molecule has 1 aliphatic carbocycles. The number of ketones is 1. The third kappa shape index (κ3) is 4.22. The number of rotatable bonds is 5. The van der Waals surface area contributed by atoms with Crippen LogP contribution in [-0.4, -0.2) is 45.6 Å². The third-order valence-electron chi connectivity index (χ3n) is 6.12. The van der Waals surface area contributed by atoms with E-state index in [2.05, 4.69) is 29.1 Å². The summed E-state index contributed by atoms with van der Waals surface area (Å²) in [5.41, 5.74) is 2.00. The Balaban J connectivity index is 1.52. The number of carbonyl (C=O) groups excluding carboxylic acids is 1. The lowest BCUT2D eigenvalue weighted by atomic mass is 9.82. The van der Waals surface area contributed by atoms with Gasteiger partial charge in [-0.3, -0.25) is 14.5 Å². The summed E-state index contributed by atoms with van der Waals surface area (Å²) < 4.78 is 16.2. The zero-order chi connectivity index (χ0) is 20.5. The predicted octanol–water partition coefficient (Wildman–Crippen LogP) is 4.01. The van der Waals surface area contributed by atoms with E-state index in [1.54, 1.807) is 23.3 Å². The van der Waals surface area contributed by atoms with Crippen LogP contribution in [0.4, 0.5) is 4.39 Å². The Kier molecular flexibility index (Phi) is 5.46. The number of fused-ring (bicyclic) bond motifs is 1. The molecule has 1 aliphatic rings. The second-order valence-corrected chi connectivity index (χ2v) is 8.37. The Morgan fingerprint density at radius 2 is 1.90 bits per heavy atom. The average Bonchev–Trinajstić information content (AvgIpc) is 3.13. The maximum absolute atomic E-state index is 14.5. The number of nitrogens with zero attached hydrogens (tertiary/aromatic N) is 4. The SMILES string of the molecule is CN(C)C1CCC(C(=O)Cc2cc3cc(-c4cnn(C)c4)c(F)cc3cn2)CC1. The first-order chi connectivity index (χ1) is 13.9. The number of aryl methyl sites for hydroxylation is 1. The van der Waals surface area contributed by atoms with E-state index < -0.39 is 0 Å². The fourth-order valence-electron chi connectivity index (χ4n) is 4.33. The molecule has 1 aromatic carbocycles. The van der Waals surface area contributed by atoms with Crippen molar-refractivity contribution in [1.82, 2.24) is 19.7 Å². The molecule has 1 saturated carbocycles. The van der Waals surface area contributed by atoms with Gasteiger partial charge in [-0.15, -0.1) is 0 Å². The van der Waals surface area contributed by atoms with Gasteiger partial charge in [-0.2, -0.15) is 5.10 Å². The highest BCUT2D eigenvalue weighted by Gasteiger charge is 2.27. The van der Waals surface area contributed by atoms with E-state index in [-0.39, 0.29) is 17.5 Å². The molecule has 0 spiro atoms. The van der Waals surface area contributed by atoms with E-state index >= 15 is 0 Å². The Bertz CT molecular complexity index is 1030. The average molecular weight is 394 g/mol. The molecule has 0 bridgehead atoms. The molecule has 2 heterocycles. The van der Waals surface area contributed by atoms with Gasteiger partial charge in [0.1, 0.15) is 11.6 Å². The molecule has 0 unspecified atom stereocenters. The fourth-order valence-corrected chi connectivity index (χ4v) is 4.33. The van der Waals surface area contributed by atoms with Crippen molar-refractivity contribution in [1.29, 1.82) is 0 Å². The molecular weight excluding hydrogens is 367 g/mol. The van der Waals surface area contributed by atoms with Gasteiger partial charge in [0.25, 0.3) is 0 Å². The van der Waals surface area contributed by atoms with Gasteiger partial charge in [-0.1, -0.05) is 0 Å². The largest absolute Gasteiger partial charge is 0.306 e. The zero-order valence-corrected chi connectivity index (χ0v) is 17.2. The molecule has 152 valence electrons. The van der Waals surface area contributed by atoms with E-state index in [0.29, 0.717) is 18.0 Å². The van der Waals surface area contributed by atoms with E-state index in [4.69, 9.17) is 0 Å². The van der Waals surface area contributed by atoms with Gasteiger partial charge in [-0.25, -0.2) is 4.39 Å². The van der Waals surface area contributed by atoms with Crippen molar-refractivity contribution in [2.45, 2.75) is 38.1 Å². The highest BCUT2D eigenvalue weighted by molar-refractivity contribution is 5.89. The molecule has 29 heavy (non-hydrogen) atoms. The van der Waals surface area contributed by atoms with Crippen LogP contribution in [0.25, 0.3) is 21.9 Å². The lowest BCUT2D eigenvalue weighted by Gasteiger charge is -2.31. The van der Waals surface area contributed by atoms with Crippen LogP contribution in [0.3, 0.4) is 0 Å². The van der Waals surface area contributed by atoms with Crippen LogP contribution in [-0.2, 0) is 18.3 Å². The zero-order valence-electron chi connectivity index (χ0n) is 17.2. The molecule has 0 aliphatic heterocycles. The first kappa shape index (κ1) is 19.7. The van der Waals surface area contributed by atoms with Gasteiger partial charge in [0.05, 0.1) is 6.20 Å². The number of pyridine rings is 1. The van der Waals surface area contributed by atoms with Crippen molar-refractivity contribution in [3.8, 4) is 11.1 Å². The van der Waals surface area contributed by atoms with E-state index in [0.717, 1.165) is 47.7 Å². The number of aromatic nitrogens is 3. The van der Waals surface area contributed by atoms with Crippen molar-refractivity contribution in [3.05, 3.63) is 48.3 Å². The summed E-state index contributed by atoms with van der Waals surface area (Å²) in [5, 5.41) is 5.75. The van der Waals surface area contributed by atoms with Crippen LogP contribution in [0, 0.1) is 11.7 Å². The summed E-state index contributed by atoms with van der Waals surface area (Å²) in [7, 11) is 6.02. The quantitative estimate of drug-likeness (QED) is 0.656. The Hall–Kier alpha value is -2.60. The van der Waals surface area contributed by atoms with E-state index in [1.807, 2.05) is 19.2 Å². The maximum Gasteiger partial charge on any atom is 0.141 e. The van der Waals surface area contributed by atoms with E-state index in [1.165, 1.54) is 6.07 Å². The number of Topliss-reactive ketones (excluding diaryl/α,β-unsaturated/α-hetero) is 1. The van der Waals surface area contributed by atoms with Gasteiger partial charge in [-0.05, 0) is 63.4 Å². The minimum atomic E-state index is -0.297. The van der Waals surface area contributed by atoms with Gasteiger partial charge in [0, 0.05) is 60.0 Å². The Morgan fingerprint density at radius 1 is 1.14 bits per heavy atom. The first-order valence-electron chi connectivity index (χ1n) is 10.2. The molecule has 6 heteroatoms.